The molecule has 2 aliphatic rings. The number of fused-ring (bicyclic) bond motifs is 1. The molecule has 1 saturated heterocycles. The molecule has 0 saturated carbocycles. The van der Waals surface area contributed by atoms with Gasteiger partial charge in [0, 0.05) is 13.0 Å². The van der Waals surface area contributed by atoms with Crippen LogP contribution in [0.15, 0.2) is 18.2 Å². The first-order valence-electron chi connectivity index (χ1n) is 9.52. The Bertz CT molecular complexity index is 790. The van der Waals surface area contributed by atoms with Crippen LogP contribution in [0.2, 0.25) is 0 Å². The lowest BCUT2D eigenvalue weighted by Crippen LogP contribution is -2.41. The molecule has 0 aliphatic carbocycles. The van der Waals surface area contributed by atoms with Gasteiger partial charge in [0.15, 0.2) is 11.5 Å². The van der Waals surface area contributed by atoms with E-state index in [0.717, 1.165) is 10.5 Å². The van der Waals surface area contributed by atoms with Crippen LogP contribution in [0.4, 0.5) is 4.79 Å². The Morgan fingerprint density at radius 3 is 2.50 bits per heavy atom. The fraction of sp³-hybridized carbons (Fsp3) is 0.550. The van der Waals surface area contributed by atoms with E-state index in [-0.39, 0.29) is 36.7 Å². The SMILES string of the molecule is CC(C)[C@@H](NC(=O)CCN1C(=O)NC(C)(C)C1=O)c1ccc2c(c1)OCCO2. The van der Waals surface area contributed by atoms with E-state index in [9.17, 15) is 14.4 Å². The molecule has 0 aromatic heterocycles. The van der Waals surface area contributed by atoms with Crippen LogP contribution < -0.4 is 20.1 Å². The zero-order valence-corrected chi connectivity index (χ0v) is 16.7. The maximum absolute atomic E-state index is 12.5. The first-order chi connectivity index (χ1) is 13.2. The van der Waals surface area contributed by atoms with Gasteiger partial charge in [-0.2, -0.15) is 0 Å². The fourth-order valence-corrected chi connectivity index (χ4v) is 3.37. The summed E-state index contributed by atoms with van der Waals surface area (Å²) in [5.41, 5.74) is -0.0112. The molecule has 28 heavy (non-hydrogen) atoms. The highest BCUT2D eigenvalue weighted by Crippen LogP contribution is 2.34. The third-order valence-electron chi connectivity index (χ3n) is 4.92. The van der Waals surface area contributed by atoms with Gasteiger partial charge in [-0.3, -0.25) is 14.5 Å². The van der Waals surface area contributed by atoms with Crippen LogP contribution in [0.1, 0.15) is 45.7 Å². The molecule has 0 spiro atoms. The van der Waals surface area contributed by atoms with E-state index < -0.39 is 11.6 Å². The Morgan fingerprint density at radius 1 is 1.21 bits per heavy atom. The van der Waals surface area contributed by atoms with Crippen molar-refractivity contribution in [3.63, 3.8) is 0 Å². The molecule has 0 bridgehead atoms. The topological polar surface area (TPSA) is 97.0 Å². The van der Waals surface area contributed by atoms with Crippen molar-refractivity contribution in [1.82, 2.24) is 15.5 Å². The van der Waals surface area contributed by atoms with Gasteiger partial charge in [0.25, 0.3) is 5.91 Å². The Morgan fingerprint density at radius 2 is 1.89 bits per heavy atom. The number of hydrogen-bond acceptors (Lipinski definition) is 5. The van der Waals surface area contributed by atoms with Crippen molar-refractivity contribution in [1.29, 1.82) is 0 Å². The van der Waals surface area contributed by atoms with Crippen molar-refractivity contribution < 1.29 is 23.9 Å². The van der Waals surface area contributed by atoms with Gasteiger partial charge in [-0.05, 0) is 37.5 Å². The van der Waals surface area contributed by atoms with Gasteiger partial charge in [-0.25, -0.2) is 4.79 Å². The normalized spacial score (nSPS) is 18.8. The van der Waals surface area contributed by atoms with Crippen LogP contribution >= 0.6 is 0 Å². The predicted molar refractivity (Wildman–Crippen MR) is 102 cm³/mol. The molecule has 2 heterocycles. The highest BCUT2D eigenvalue weighted by atomic mass is 16.6. The molecule has 2 aliphatic heterocycles. The molecule has 1 fully saturated rings. The van der Waals surface area contributed by atoms with E-state index in [1.165, 1.54) is 0 Å². The van der Waals surface area contributed by atoms with Gasteiger partial charge < -0.3 is 20.1 Å². The zero-order valence-electron chi connectivity index (χ0n) is 16.7. The van der Waals surface area contributed by atoms with Crippen molar-refractivity contribution in [2.24, 2.45) is 5.92 Å². The van der Waals surface area contributed by atoms with E-state index in [0.29, 0.717) is 24.7 Å². The molecule has 3 rings (SSSR count). The standard InChI is InChI=1S/C20H27N3O5/c1-12(2)17(13-5-6-14-15(11-13)28-10-9-27-14)21-16(24)7-8-23-18(25)20(3,4)22-19(23)26/h5-6,11-12,17H,7-10H2,1-4H3,(H,21,24)(H,22,26)/t17-/m1/s1. The molecule has 0 unspecified atom stereocenters. The monoisotopic (exact) mass is 389 g/mol. The molecule has 1 aromatic rings. The summed E-state index contributed by atoms with van der Waals surface area (Å²) in [6.07, 6.45) is 0.0447. The maximum atomic E-state index is 12.5. The molecule has 0 radical (unpaired) electrons. The van der Waals surface area contributed by atoms with Crippen LogP contribution in [-0.2, 0) is 9.59 Å². The molecular formula is C20H27N3O5. The number of hydrogen-bond donors (Lipinski definition) is 2. The van der Waals surface area contributed by atoms with Gasteiger partial charge >= 0.3 is 6.03 Å². The Hall–Kier alpha value is -2.77. The summed E-state index contributed by atoms with van der Waals surface area (Å²) < 4.78 is 11.2. The number of urea groups is 1. The maximum Gasteiger partial charge on any atom is 0.325 e. The molecule has 1 atom stereocenters. The van der Waals surface area contributed by atoms with Crippen molar-refractivity contribution in [3.05, 3.63) is 23.8 Å². The Kier molecular flexibility index (Phi) is 5.49. The van der Waals surface area contributed by atoms with E-state index in [2.05, 4.69) is 10.6 Å². The summed E-state index contributed by atoms with van der Waals surface area (Å²) in [6.45, 7) is 8.39. The quantitative estimate of drug-likeness (QED) is 0.726. The van der Waals surface area contributed by atoms with E-state index in [1.807, 2.05) is 32.0 Å². The number of imide groups is 1. The van der Waals surface area contributed by atoms with Crippen LogP contribution in [0.25, 0.3) is 0 Å². The number of amides is 4. The van der Waals surface area contributed by atoms with Crippen molar-refractivity contribution in [3.8, 4) is 11.5 Å². The van der Waals surface area contributed by atoms with Crippen LogP contribution in [0.5, 0.6) is 11.5 Å². The van der Waals surface area contributed by atoms with E-state index in [4.69, 9.17) is 9.47 Å². The minimum atomic E-state index is -0.931. The second-order valence-electron chi connectivity index (χ2n) is 7.95. The number of nitrogens with zero attached hydrogens (tertiary/aromatic N) is 1. The Labute approximate surface area is 164 Å². The molecule has 2 N–H and O–H groups in total. The summed E-state index contributed by atoms with van der Waals surface area (Å²) >= 11 is 0. The van der Waals surface area contributed by atoms with Gasteiger partial charge in [0.1, 0.15) is 18.8 Å². The number of carbonyl (C=O) groups excluding carboxylic acids is 3. The summed E-state index contributed by atoms with van der Waals surface area (Å²) in [4.78, 5) is 37.8. The smallest absolute Gasteiger partial charge is 0.325 e. The molecule has 8 nitrogen and oxygen atoms in total. The number of rotatable bonds is 6. The van der Waals surface area contributed by atoms with Crippen LogP contribution in [0, 0.1) is 5.92 Å². The minimum absolute atomic E-state index is 0.0447. The average molecular weight is 389 g/mol. The van der Waals surface area contributed by atoms with Crippen molar-refractivity contribution in [2.75, 3.05) is 19.8 Å². The second kappa shape index (κ2) is 7.69. The zero-order chi connectivity index (χ0) is 20.5. The minimum Gasteiger partial charge on any atom is -0.486 e. The predicted octanol–water partition coefficient (Wildman–Crippen LogP) is 1.99. The lowest BCUT2D eigenvalue weighted by atomic mass is 9.95. The van der Waals surface area contributed by atoms with Gasteiger partial charge in [0.2, 0.25) is 5.91 Å². The highest BCUT2D eigenvalue weighted by molar-refractivity contribution is 6.06. The third kappa shape index (κ3) is 4.05. The summed E-state index contributed by atoms with van der Waals surface area (Å²) in [6, 6.07) is 4.97. The lowest BCUT2D eigenvalue weighted by Gasteiger charge is -2.26. The Balaban J connectivity index is 1.64. The van der Waals surface area contributed by atoms with Crippen LogP contribution in [0.3, 0.4) is 0 Å². The van der Waals surface area contributed by atoms with Gasteiger partial charge in [-0.1, -0.05) is 19.9 Å². The summed E-state index contributed by atoms with van der Waals surface area (Å²) in [7, 11) is 0. The molecule has 8 heteroatoms. The number of ether oxygens (including phenoxy) is 2. The summed E-state index contributed by atoms with van der Waals surface area (Å²) in [5, 5.41) is 5.62. The first kappa shape index (κ1) is 20.0. The number of nitrogens with one attached hydrogen (secondary N) is 2. The molecular weight excluding hydrogens is 362 g/mol. The number of carbonyl (C=O) groups is 3. The van der Waals surface area contributed by atoms with Crippen LogP contribution in [-0.4, -0.2) is 48.0 Å². The van der Waals surface area contributed by atoms with E-state index in [1.54, 1.807) is 13.8 Å². The molecule has 152 valence electrons. The van der Waals surface area contributed by atoms with Crippen molar-refractivity contribution >= 4 is 17.8 Å². The third-order valence-corrected chi connectivity index (χ3v) is 4.92. The lowest BCUT2D eigenvalue weighted by molar-refractivity contribution is -0.130. The van der Waals surface area contributed by atoms with Gasteiger partial charge in [-0.15, -0.1) is 0 Å². The fourth-order valence-electron chi connectivity index (χ4n) is 3.37. The largest absolute Gasteiger partial charge is 0.486 e. The van der Waals surface area contributed by atoms with Gasteiger partial charge in [0.05, 0.1) is 6.04 Å². The highest BCUT2D eigenvalue weighted by Gasteiger charge is 2.44. The second-order valence-corrected chi connectivity index (χ2v) is 7.95. The molecule has 1 aromatic carbocycles. The first-order valence-corrected chi connectivity index (χ1v) is 9.52. The van der Waals surface area contributed by atoms with E-state index >= 15 is 0 Å². The summed E-state index contributed by atoms with van der Waals surface area (Å²) in [5.74, 6) is 0.967. The van der Waals surface area contributed by atoms with Crippen molar-refractivity contribution in [2.45, 2.75) is 45.7 Å². The molecule has 4 amide bonds. The number of benzene rings is 1. The average Bonchev–Trinajstić information content (AvgIpc) is 2.84.